The van der Waals surface area contributed by atoms with Gasteiger partial charge in [-0.3, -0.25) is 14.6 Å². The number of rotatable bonds is 5. The third-order valence-electron chi connectivity index (χ3n) is 5.06. The van der Waals surface area contributed by atoms with Crippen molar-refractivity contribution in [3.63, 3.8) is 0 Å². The fourth-order valence-electron chi connectivity index (χ4n) is 3.14. The molecule has 0 unspecified atom stereocenters. The molecule has 0 saturated heterocycles. The summed E-state index contributed by atoms with van der Waals surface area (Å²) in [7, 11) is 0. The van der Waals surface area contributed by atoms with Gasteiger partial charge in [0.05, 0.1) is 23.3 Å². The summed E-state index contributed by atoms with van der Waals surface area (Å²) in [6, 6.07) is 7.49. The first-order valence-corrected chi connectivity index (χ1v) is 10.5. The largest absolute Gasteiger partial charge is 0.318 e. The van der Waals surface area contributed by atoms with Crippen LogP contribution in [-0.2, 0) is 11.8 Å². The van der Waals surface area contributed by atoms with Crippen molar-refractivity contribution < 1.29 is 9.18 Å². The molecule has 34 heavy (non-hydrogen) atoms. The summed E-state index contributed by atoms with van der Waals surface area (Å²) in [5.41, 5.74) is 2.21. The zero-order valence-corrected chi connectivity index (χ0v) is 18.8. The predicted octanol–water partition coefficient (Wildman–Crippen LogP) is 3.30. The van der Waals surface area contributed by atoms with Gasteiger partial charge in [0.15, 0.2) is 0 Å². The first kappa shape index (κ1) is 22.8. The fourth-order valence-corrected chi connectivity index (χ4v) is 3.14. The van der Waals surface area contributed by atoms with E-state index in [1.165, 1.54) is 36.9 Å². The minimum atomic E-state index is -0.623. The van der Waals surface area contributed by atoms with Gasteiger partial charge in [0.25, 0.3) is 11.5 Å². The van der Waals surface area contributed by atoms with Crippen molar-refractivity contribution in [1.29, 1.82) is 0 Å². The number of H-pyrrole nitrogens is 1. The highest BCUT2D eigenvalue weighted by atomic mass is 19.1. The van der Waals surface area contributed by atoms with Crippen molar-refractivity contribution in [1.82, 2.24) is 30.1 Å². The third-order valence-corrected chi connectivity index (χ3v) is 5.06. The zero-order chi connectivity index (χ0) is 24.3. The van der Waals surface area contributed by atoms with E-state index in [1.54, 1.807) is 18.3 Å². The van der Waals surface area contributed by atoms with Crippen molar-refractivity contribution in [2.24, 2.45) is 0 Å². The smallest absolute Gasteiger partial charge is 0.275 e. The van der Waals surface area contributed by atoms with Crippen molar-refractivity contribution in [3.8, 4) is 11.3 Å². The molecule has 0 spiro atoms. The van der Waals surface area contributed by atoms with E-state index in [4.69, 9.17) is 0 Å². The number of aromatic nitrogens is 6. The van der Waals surface area contributed by atoms with E-state index in [1.807, 2.05) is 20.8 Å². The maximum Gasteiger partial charge on any atom is 0.275 e. The lowest BCUT2D eigenvalue weighted by molar-refractivity contribution is 0.102. The van der Waals surface area contributed by atoms with Crippen molar-refractivity contribution in [3.05, 3.63) is 94.1 Å². The maximum absolute atomic E-state index is 14.5. The minimum Gasteiger partial charge on any atom is -0.318 e. The number of hydrogen-bond acceptors (Lipinski definition) is 7. The summed E-state index contributed by atoms with van der Waals surface area (Å²) in [4.78, 5) is 41.3. The van der Waals surface area contributed by atoms with Gasteiger partial charge in [0.2, 0.25) is 0 Å². The van der Waals surface area contributed by atoms with E-state index < -0.39 is 11.7 Å². The molecule has 9 nitrogen and oxygen atoms in total. The fraction of sp³-hybridized carbons (Fsp3) is 0.208. The summed E-state index contributed by atoms with van der Waals surface area (Å²) in [6.07, 6.45) is 6.17. The van der Waals surface area contributed by atoms with Crippen molar-refractivity contribution >= 4 is 11.6 Å². The molecule has 3 aromatic heterocycles. The number of anilines is 1. The van der Waals surface area contributed by atoms with Gasteiger partial charge in [-0.05, 0) is 30.3 Å². The molecule has 172 valence electrons. The number of nitrogens with one attached hydrogen (secondary N) is 2. The van der Waals surface area contributed by atoms with Gasteiger partial charge in [0.1, 0.15) is 17.8 Å². The van der Waals surface area contributed by atoms with E-state index in [9.17, 15) is 14.0 Å². The van der Waals surface area contributed by atoms with Gasteiger partial charge in [-0.15, -0.1) is 0 Å². The summed E-state index contributed by atoms with van der Waals surface area (Å²) >= 11 is 0. The summed E-state index contributed by atoms with van der Waals surface area (Å²) in [5.74, 6) is -1.22. The van der Waals surface area contributed by atoms with Crippen LogP contribution < -0.4 is 10.9 Å². The van der Waals surface area contributed by atoms with Crippen LogP contribution in [0.15, 0.2) is 60.0 Å². The average molecular weight is 459 g/mol. The average Bonchev–Trinajstić information content (AvgIpc) is 2.82. The van der Waals surface area contributed by atoms with Crippen LogP contribution in [0, 0.1) is 5.82 Å². The molecule has 1 amide bonds. The van der Waals surface area contributed by atoms with Crippen LogP contribution in [0.2, 0.25) is 0 Å². The first-order chi connectivity index (χ1) is 16.2. The molecule has 0 aliphatic carbocycles. The Bertz CT molecular complexity index is 1380. The van der Waals surface area contributed by atoms with E-state index in [2.05, 4.69) is 35.5 Å². The highest BCUT2D eigenvalue weighted by molar-refractivity contribution is 6.03. The monoisotopic (exact) mass is 459 g/mol. The quantitative estimate of drug-likeness (QED) is 0.469. The van der Waals surface area contributed by atoms with E-state index in [-0.39, 0.29) is 28.8 Å². The molecule has 10 heteroatoms. The second-order valence-electron chi connectivity index (χ2n) is 8.67. The Hall–Kier alpha value is -4.34. The molecule has 4 aromatic rings. The number of amides is 1. The number of aromatic amines is 1. The van der Waals surface area contributed by atoms with Gasteiger partial charge in [-0.2, -0.15) is 5.10 Å². The van der Waals surface area contributed by atoms with Crippen molar-refractivity contribution in [2.45, 2.75) is 32.6 Å². The van der Waals surface area contributed by atoms with Crippen LogP contribution in [0.5, 0.6) is 0 Å². The predicted molar refractivity (Wildman–Crippen MR) is 124 cm³/mol. The summed E-state index contributed by atoms with van der Waals surface area (Å²) in [6.45, 7) is 5.96. The highest BCUT2D eigenvalue weighted by Gasteiger charge is 2.18. The Morgan fingerprint density at radius 3 is 2.59 bits per heavy atom. The van der Waals surface area contributed by atoms with E-state index >= 15 is 0 Å². The Morgan fingerprint density at radius 1 is 1.09 bits per heavy atom. The molecule has 2 N–H and O–H groups in total. The number of hydrogen-bond donors (Lipinski definition) is 2. The van der Waals surface area contributed by atoms with Crippen LogP contribution >= 0.6 is 0 Å². The van der Waals surface area contributed by atoms with Gasteiger partial charge in [0, 0.05) is 41.1 Å². The van der Waals surface area contributed by atoms with Crippen LogP contribution in [0.1, 0.15) is 48.2 Å². The lowest BCUT2D eigenvalue weighted by Gasteiger charge is -2.16. The molecule has 0 aliphatic heterocycles. The number of benzene rings is 1. The molecule has 1 aromatic carbocycles. The first-order valence-electron chi connectivity index (χ1n) is 10.5. The molecule has 3 heterocycles. The number of halogens is 1. The van der Waals surface area contributed by atoms with E-state index in [0.29, 0.717) is 22.5 Å². The highest BCUT2D eigenvalue weighted by Crippen LogP contribution is 2.24. The second-order valence-corrected chi connectivity index (χ2v) is 8.67. The normalized spacial score (nSPS) is 11.3. The molecule has 0 aliphatic rings. The van der Waals surface area contributed by atoms with Crippen LogP contribution in [-0.4, -0.2) is 36.0 Å². The van der Waals surface area contributed by atoms with Crippen LogP contribution in [0.25, 0.3) is 11.3 Å². The number of nitrogens with zero attached hydrogens (tertiary/aromatic N) is 5. The van der Waals surface area contributed by atoms with Gasteiger partial charge >= 0.3 is 0 Å². The SMILES string of the molecule is CC(C)(C)c1cnc(C(=O)Nc2cc(-c3cc(Cc4ccncn4)c(=O)[nH]n3)ccc2F)cn1. The summed E-state index contributed by atoms with van der Waals surface area (Å²) < 4.78 is 14.5. The topological polar surface area (TPSA) is 126 Å². The molecule has 0 atom stereocenters. The van der Waals surface area contributed by atoms with Gasteiger partial charge in [-0.25, -0.2) is 24.4 Å². The molecule has 0 radical (unpaired) electrons. The van der Waals surface area contributed by atoms with Gasteiger partial charge in [-0.1, -0.05) is 20.8 Å². The maximum atomic E-state index is 14.5. The Morgan fingerprint density at radius 2 is 1.91 bits per heavy atom. The van der Waals surface area contributed by atoms with Crippen LogP contribution in [0.4, 0.5) is 10.1 Å². The number of carbonyl (C=O) groups excluding carboxylic acids is 1. The molecule has 4 rings (SSSR count). The summed E-state index contributed by atoms with van der Waals surface area (Å²) in [5, 5.41) is 9.05. The lowest BCUT2D eigenvalue weighted by Crippen LogP contribution is -2.18. The molecular weight excluding hydrogens is 437 g/mol. The molecule has 0 bridgehead atoms. The van der Waals surface area contributed by atoms with Gasteiger partial charge < -0.3 is 5.32 Å². The lowest BCUT2D eigenvalue weighted by atomic mass is 9.93. The Labute approximate surface area is 194 Å². The standard InChI is InChI=1S/C24H22FN7O2/c1-24(2,3)21-12-27-20(11-28-21)23(34)30-19-9-14(4-5-17(19)25)18-10-15(22(33)32-31-18)8-16-6-7-26-13-29-16/h4-7,9-13H,8H2,1-3H3,(H,30,34)(H,32,33). The Kier molecular flexibility index (Phi) is 6.22. The van der Waals surface area contributed by atoms with E-state index in [0.717, 1.165) is 5.69 Å². The molecule has 0 fully saturated rings. The third kappa shape index (κ3) is 5.17. The molecular formula is C24H22FN7O2. The molecule has 0 saturated carbocycles. The van der Waals surface area contributed by atoms with Crippen molar-refractivity contribution in [2.75, 3.05) is 5.32 Å². The van der Waals surface area contributed by atoms with Crippen LogP contribution in [0.3, 0.4) is 0 Å². The number of carbonyl (C=O) groups is 1. The second kappa shape index (κ2) is 9.26. The zero-order valence-electron chi connectivity index (χ0n) is 18.8. The minimum absolute atomic E-state index is 0.0467. The Balaban J connectivity index is 1.58.